The van der Waals surface area contributed by atoms with Crippen molar-refractivity contribution in [1.29, 1.82) is 0 Å². The lowest BCUT2D eigenvalue weighted by molar-refractivity contribution is -0.232. The van der Waals surface area contributed by atoms with Crippen molar-refractivity contribution in [3.8, 4) is 5.75 Å². The van der Waals surface area contributed by atoms with E-state index in [1.165, 1.54) is 0 Å². The van der Waals surface area contributed by atoms with Gasteiger partial charge in [-0.05, 0) is 18.6 Å². The molecule has 76 valence electrons. The highest BCUT2D eigenvalue weighted by Gasteiger charge is 2.19. The third kappa shape index (κ3) is 4.27. The van der Waals surface area contributed by atoms with Crippen LogP contribution in [0.1, 0.15) is 13.3 Å². The molecule has 0 saturated carbocycles. The van der Waals surface area contributed by atoms with Crippen LogP contribution in [0.5, 0.6) is 5.75 Å². The highest BCUT2D eigenvalue weighted by atomic mass is 17.2. The second-order valence-electron chi connectivity index (χ2n) is 2.66. The summed E-state index contributed by atoms with van der Waals surface area (Å²) in [5, 5.41) is 9.16. The molecule has 4 nitrogen and oxygen atoms in total. The molecule has 0 aromatic heterocycles. The predicted octanol–water partition coefficient (Wildman–Crippen LogP) is 1.40. The number of para-hydroxylation sites is 1. The van der Waals surface area contributed by atoms with Gasteiger partial charge in [-0.3, -0.25) is 0 Å². The molecule has 0 saturated heterocycles. The van der Waals surface area contributed by atoms with E-state index in [9.17, 15) is 0 Å². The number of hydrogen-bond donors (Lipinski definition) is 1. The highest BCUT2D eigenvalue weighted by molar-refractivity contribution is 6.35. The Bertz CT molecular complexity index is 242. The van der Waals surface area contributed by atoms with E-state index in [2.05, 4.69) is 9.69 Å². The first kappa shape index (κ1) is 11.0. The fourth-order valence-electron chi connectivity index (χ4n) is 0.825. The fourth-order valence-corrected chi connectivity index (χ4v) is 0.825. The van der Waals surface area contributed by atoms with Crippen LogP contribution in [0.2, 0.25) is 0 Å². The third-order valence-electron chi connectivity index (χ3n) is 1.42. The molecule has 1 aromatic carbocycles. The van der Waals surface area contributed by atoms with E-state index in [4.69, 9.17) is 9.68 Å². The second kappa shape index (κ2) is 6.42. The minimum atomic E-state index is -1.39. The summed E-state index contributed by atoms with van der Waals surface area (Å²) in [6.07, 6.45) is 0.818. The van der Waals surface area contributed by atoms with Gasteiger partial charge in [0.05, 0.1) is 6.61 Å². The van der Waals surface area contributed by atoms with Crippen molar-refractivity contribution in [3.63, 3.8) is 0 Å². The van der Waals surface area contributed by atoms with Crippen molar-refractivity contribution in [2.24, 2.45) is 0 Å². The molecule has 0 bridgehead atoms. The van der Waals surface area contributed by atoms with Crippen molar-refractivity contribution in [3.05, 3.63) is 30.3 Å². The maximum Gasteiger partial charge on any atom is 0.739 e. The van der Waals surface area contributed by atoms with Gasteiger partial charge in [0.25, 0.3) is 0 Å². The van der Waals surface area contributed by atoms with E-state index in [1.807, 2.05) is 13.0 Å². The second-order valence-corrected chi connectivity index (χ2v) is 2.66. The van der Waals surface area contributed by atoms with E-state index in [0.717, 1.165) is 6.42 Å². The van der Waals surface area contributed by atoms with Crippen LogP contribution < -0.4 is 4.65 Å². The molecule has 0 aliphatic heterocycles. The molecule has 0 aliphatic rings. The first-order valence-electron chi connectivity index (χ1n) is 4.51. The molecule has 5 heteroatoms. The summed E-state index contributed by atoms with van der Waals surface area (Å²) in [6.45, 7) is 2.36. The Morgan fingerprint density at radius 3 is 2.64 bits per heavy atom. The van der Waals surface area contributed by atoms with Gasteiger partial charge in [0, 0.05) is 0 Å². The minimum Gasteiger partial charge on any atom is -0.511 e. The molecule has 1 N–H and O–H groups in total. The van der Waals surface area contributed by atoms with Crippen molar-refractivity contribution >= 4 is 7.32 Å². The average Bonchev–Trinajstić information content (AvgIpc) is 2.20. The summed E-state index contributed by atoms with van der Waals surface area (Å²) < 4.78 is 4.97. The monoisotopic (exact) mass is 196 g/mol. The molecule has 0 unspecified atom stereocenters. The molecule has 0 amide bonds. The van der Waals surface area contributed by atoms with E-state index in [1.54, 1.807) is 24.3 Å². The van der Waals surface area contributed by atoms with E-state index in [0.29, 0.717) is 12.4 Å². The standard InChI is InChI=1S/C9H13BO4/c1-2-8-12-14-10(11)13-9-6-4-3-5-7-9/h3-7,11H,2,8H2,1H3. The number of hydrogen-bond acceptors (Lipinski definition) is 4. The lowest BCUT2D eigenvalue weighted by Gasteiger charge is -2.08. The van der Waals surface area contributed by atoms with Crippen molar-refractivity contribution in [1.82, 2.24) is 0 Å². The highest BCUT2D eigenvalue weighted by Crippen LogP contribution is 2.09. The quantitative estimate of drug-likeness (QED) is 0.323. The molecule has 0 atom stereocenters. The van der Waals surface area contributed by atoms with E-state index >= 15 is 0 Å². The first-order chi connectivity index (χ1) is 6.83. The number of benzene rings is 1. The lowest BCUT2D eigenvalue weighted by Crippen LogP contribution is -2.26. The van der Waals surface area contributed by atoms with Gasteiger partial charge < -0.3 is 9.68 Å². The SMILES string of the molecule is CCCOOB(O)Oc1ccccc1. The molecule has 1 aromatic rings. The zero-order valence-corrected chi connectivity index (χ0v) is 8.05. The molecule has 0 radical (unpaired) electrons. The van der Waals surface area contributed by atoms with Gasteiger partial charge in [0.15, 0.2) is 0 Å². The predicted molar refractivity (Wildman–Crippen MR) is 52.4 cm³/mol. The van der Waals surface area contributed by atoms with Gasteiger partial charge in [-0.15, -0.1) is 0 Å². The number of rotatable bonds is 6. The van der Waals surface area contributed by atoms with Crippen LogP contribution in [0.25, 0.3) is 0 Å². The summed E-state index contributed by atoms with van der Waals surface area (Å²) in [7, 11) is -1.39. The minimum absolute atomic E-state index is 0.426. The smallest absolute Gasteiger partial charge is 0.511 e. The van der Waals surface area contributed by atoms with Gasteiger partial charge >= 0.3 is 7.32 Å². The van der Waals surface area contributed by atoms with Crippen molar-refractivity contribution < 1.29 is 19.4 Å². The van der Waals surface area contributed by atoms with Gasteiger partial charge in [-0.25, -0.2) is 9.69 Å². The molecule has 0 aliphatic carbocycles. The van der Waals surface area contributed by atoms with E-state index < -0.39 is 7.32 Å². The van der Waals surface area contributed by atoms with Crippen LogP contribution in [0.15, 0.2) is 30.3 Å². The van der Waals surface area contributed by atoms with Crippen LogP contribution in [-0.2, 0) is 9.69 Å². The Morgan fingerprint density at radius 1 is 1.29 bits per heavy atom. The Kier molecular flexibility index (Phi) is 5.07. The Hall–Kier alpha value is -1.04. The normalized spacial score (nSPS) is 9.86. The van der Waals surface area contributed by atoms with Crippen LogP contribution in [0, 0.1) is 0 Å². The van der Waals surface area contributed by atoms with Crippen LogP contribution in [0.4, 0.5) is 0 Å². The van der Waals surface area contributed by atoms with Crippen LogP contribution in [-0.4, -0.2) is 19.0 Å². The van der Waals surface area contributed by atoms with Crippen molar-refractivity contribution in [2.45, 2.75) is 13.3 Å². The Morgan fingerprint density at radius 2 is 2.00 bits per heavy atom. The summed E-state index contributed by atoms with van der Waals surface area (Å²) >= 11 is 0. The third-order valence-corrected chi connectivity index (χ3v) is 1.42. The van der Waals surface area contributed by atoms with Crippen molar-refractivity contribution in [2.75, 3.05) is 6.61 Å². The maximum atomic E-state index is 9.16. The largest absolute Gasteiger partial charge is 0.739 e. The zero-order valence-electron chi connectivity index (χ0n) is 8.05. The van der Waals surface area contributed by atoms with Gasteiger partial charge in [0.2, 0.25) is 0 Å². The molecular formula is C9H13BO4. The van der Waals surface area contributed by atoms with E-state index in [-0.39, 0.29) is 0 Å². The fraction of sp³-hybridized carbons (Fsp3) is 0.333. The molecule has 0 heterocycles. The van der Waals surface area contributed by atoms with Crippen LogP contribution >= 0.6 is 0 Å². The summed E-state index contributed by atoms with van der Waals surface area (Å²) in [5.41, 5.74) is 0. The zero-order chi connectivity index (χ0) is 10.2. The molecule has 0 fully saturated rings. The Labute approximate surface area is 83.5 Å². The van der Waals surface area contributed by atoms with Crippen LogP contribution in [0.3, 0.4) is 0 Å². The van der Waals surface area contributed by atoms with Gasteiger partial charge in [0.1, 0.15) is 5.75 Å². The van der Waals surface area contributed by atoms with Gasteiger partial charge in [-0.2, -0.15) is 0 Å². The molecular weight excluding hydrogens is 183 g/mol. The first-order valence-corrected chi connectivity index (χ1v) is 4.51. The molecule has 14 heavy (non-hydrogen) atoms. The lowest BCUT2D eigenvalue weighted by atomic mass is 10.2. The summed E-state index contributed by atoms with van der Waals surface area (Å²) in [4.78, 5) is 9.16. The topological polar surface area (TPSA) is 47.9 Å². The molecule has 1 rings (SSSR count). The summed E-state index contributed by atoms with van der Waals surface area (Å²) in [6, 6.07) is 8.89. The van der Waals surface area contributed by atoms with Gasteiger partial charge in [-0.1, -0.05) is 25.1 Å². The maximum absolute atomic E-state index is 9.16. The average molecular weight is 196 g/mol. The Balaban J connectivity index is 2.23. The molecule has 0 spiro atoms. The summed E-state index contributed by atoms with van der Waals surface area (Å²) in [5.74, 6) is 0.528.